The van der Waals surface area contributed by atoms with Gasteiger partial charge in [-0.3, -0.25) is 0 Å². The van der Waals surface area contributed by atoms with Crippen molar-refractivity contribution in [3.8, 4) is 23.0 Å². The molecule has 3 rings (SSSR count). The maximum absolute atomic E-state index is 9.09. The van der Waals surface area contributed by atoms with Gasteiger partial charge in [0.05, 0.1) is 14.2 Å². The quantitative estimate of drug-likeness (QED) is 0.682. The van der Waals surface area contributed by atoms with Gasteiger partial charge in [0.15, 0.2) is 11.5 Å². The van der Waals surface area contributed by atoms with Crippen molar-refractivity contribution in [3.05, 3.63) is 47.0 Å². The van der Waals surface area contributed by atoms with Crippen LogP contribution in [0.25, 0.3) is 0 Å². The molecule has 0 spiro atoms. The molecule has 1 aliphatic heterocycles. The lowest BCUT2D eigenvalue weighted by Gasteiger charge is -2.21. The second-order valence-electron chi connectivity index (χ2n) is 6.67. The van der Waals surface area contributed by atoms with Crippen molar-refractivity contribution < 1.29 is 24.1 Å². The van der Waals surface area contributed by atoms with Crippen LogP contribution in [-0.2, 0) is 19.3 Å². The van der Waals surface area contributed by atoms with E-state index in [0.717, 1.165) is 55.1 Å². The van der Waals surface area contributed by atoms with E-state index >= 15 is 0 Å². The predicted molar refractivity (Wildman–Crippen MR) is 104 cm³/mol. The fourth-order valence-corrected chi connectivity index (χ4v) is 3.36. The van der Waals surface area contributed by atoms with Crippen molar-refractivity contribution in [3.63, 3.8) is 0 Å². The molecule has 146 valence electrons. The van der Waals surface area contributed by atoms with Crippen LogP contribution in [0.5, 0.6) is 23.0 Å². The van der Waals surface area contributed by atoms with Gasteiger partial charge < -0.3 is 24.1 Å². The SMILES string of the molecule is COc1cc(CCc2cc3c(cc2CCCCO)OCCO3)cc(OC)c1. The predicted octanol–water partition coefficient (Wildman–Crippen LogP) is 3.58. The van der Waals surface area contributed by atoms with E-state index in [1.807, 2.05) is 18.2 Å². The zero-order chi connectivity index (χ0) is 19.1. The summed E-state index contributed by atoms with van der Waals surface area (Å²) in [6.45, 7) is 1.40. The molecule has 5 nitrogen and oxygen atoms in total. The second kappa shape index (κ2) is 9.51. The Morgan fingerprint density at radius 3 is 1.93 bits per heavy atom. The summed E-state index contributed by atoms with van der Waals surface area (Å²) in [5.41, 5.74) is 3.70. The van der Waals surface area contributed by atoms with Gasteiger partial charge in [0, 0.05) is 12.7 Å². The molecule has 0 amide bonds. The van der Waals surface area contributed by atoms with Gasteiger partial charge in [0.2, 0.25) is 0 Å². The Morgan fingerprint density at radius 1 is 0.778 bits per heavy atom. The van der Waals surface area contributed by atoms with E-state index in [-0.39, 0.29) is 6.61 Å². The standard InChI is InChI=1S/C22H28O5/c1-24-19-11-16(12-20(15-19)25-2)6-7-18-14-22-21(26-9-10-27-22)13-17(18)5-3-4-8-23/h11-15,23H,3-10H2,1-2H3. The maximum atomic E-state index is 9.09. The highest BCUT2D eigenvalue weighted by Crippen LogP contribution is 2.34. The smallest absolute Gasteiger partial charge is 0.161 e. The van der Waals surface area contributed by atoms with Crippen LogP contribution in [0.2, 0.25) is 0 Å². The van der Waals surface area contributed by atoms with Gasteiger partial charge in [-0.1, -0.05) is 0 Å². The molecule has 1 heterocycles. The third-order valence-corrected chi connectivity index (χ3v) is 4.81. The van der Waals surface area contributed by atoms with Gasteiger partial charge in [-0.05, 0) is 73.1 Å². The second-order valence-corrected chi connectivity index (χ2v) is 6.67. The number of aliphatic hydroxyl groups is 1. The normalized spacial score (nSPS) is 12.7. The van der Waals surface area contributed by atoms with Crippen molar-refractivity contribution >= 4 is 0 Å². The van der Waals surface area contributed by atoms with Crippen LogP contribution in [0.15, 0.2) is 30.3 Å². The van der Waals surface area contributed by atoms with Crippen LogP contribution in [0.1, 0.15) is 29.5 Å². The molecular weight excluding hydrogens is 344 g/mol. The van der Waals surface area contributed by atoms with E-state index in [1.54, 1.807) is 14.2 Å². The van der Waals surface area contributed by atoms with Crippen LogP contribution < -0.4 is 18.9 Å². The van der Waals surface area contributed by atoms with Gasteiger partial charge in [-0.25, -0.2) is 0 Å². The lowest BCUT2D eigenvalue weighted by atomic mass is 9.95. The number of fused-ring (bicyclic) bond motifs is 1. The van der Waals surface area contributed by atoms with Crippen molar-refractivity contribution in [2.45, 2.75) is 32.1 Å². The van der Waals surface area contributed by atoms with Crippen molar-refractivity contribution in [2.75, 3.05) is 34.0 Å². The molecule has 2 aromatic carbocycles. The zero-order valence-electron chi connectivity index (χ0n) is 16.1. The van der Waals surface area contributed by atoms with Gasteiger partial charge in [-0.15, -0.1) is 0 Å². The first-order valence-electron chi connectivity index (χ1n) is 9.47. The minimum atomic E-state index is 0.226. The number of aryl methyl sites for hydroxylation is 3. The number of benzene rings is 2. The minimum Gasteiger partial charge on any atom is -0.497 e. The first kappa shape index (κ1) is 19.4. The maximum Gasteiger partial charge on any atom is 0.161 e. The highest BCUT2D eigenvalue weighted by Gasteiger charge is 2.16. The fraction of sp³-hybridized carbons (Fsp3) is 0.455. The Morgan fingerprint density at radius 2 is 1.37 bits per heavy atom. The van der Waals surface area contributed by atoms with Gasteiger partial charge in [0.25, 0.3) is 0 Å². The third-order valence-electron chi connectivity index (χ3n) is 4.81. The molecule has 0 unspecified atom stereocenters. The molecule has 0 fully saturated rings. The molecule has 2 aromatic rings. The highest BCUT2D eigenvalue weighted by molar-refractivity contribution is 5.49. The van der Waals surface area contributed by atoms with Crippen LogP contribution in [-0.4, -0.2) is 39.1 Å². The van der Waals surface area contributed by atoms with E-state index < -0.39 is 0 Å². The van der Waals surface area contributed by atoms with E-state index in [2.05, 4.69) is 12.1 Å². The molecule has 0 saturated heterocycles. The molecule has 1 aliphatic rings. The summed E-state index contributed by atoms with van der Waals surface area (Å²) in [5.74, 6) is 3.25. The number of unbranched alkanes of at least 4 members (excludes halogenated alkanes) is 1. The third kappa shape index (κ3) is 5.07. The van der Waals surface area contributed by atoms with Crippen LogP contribution in [0.3, 0.4) is 0 Å². The van der Waals surface area contributed by atoms with Gasteiger partial charge in [0.1, 0.15) is 24.7 Å². The lowest BCUT2D eigenvalue weighted by molar-refractivity contribution is 0.171. The average Bonchev–Trinajstić information content (AvgIpc) is 2.71. The molecule has 0 radical (unpaired) electrons. The van der Waals surface area contributed by atoms with Crippen molar-refractivity contribution in [1.82, 2.24) is 0 Å². The topological polar surface area (TPSA) is 57.2 Å². The molecule has 1 N–H and O–H groups in total. The molecule has 0 aliphatic carbocycles. The Labute approximate surface area is 160 Å². The summed E-state index contributed by atoms with van der Waals surface area (Å²) < 4.78 is 22.3. The summed E-state index contributed by atoms with van der Waals surface area (Å²) in [5, 5.41) is 9.09. The first-order valence-corrected chi connectivity index (χ1v) is 9.47. The Bertz CT molecular complexity index is 734. The number of aliphatic hydroxyl groups excluding tert-OH is 1. The lowest BCUT2D eigenvalue weighted by Crippen LogP contribution is -2.16. The van der Waals surface area contributed by atoms with Crippen molar-refractivity contribution in [1.29, 1.82) is 0 Å². The molecule has 0 atom stereocenters. The molecule has 5 heteroatoms. The number of rotatable bonds is 9. The summed E-state index contributed by atoms with van der Waals surface area (Å²) in [7, 11) is 3.33. The molecule has 0 saturated carbocycles. The fourth-order valence-electron chi connectivity index (χ4n) is 3.36. The summed E-state index contributed by atoms with van der Waals surface area (Å²) in [4.78, 5) is 0. The van der Waals surface area contributed by atoms with Crippen molar-refractivity contribution in [2.24, 2.45) is 0 Å². The number of methoxy groups -OCH3 is 2. The monoisotopic (exact) mass is 372 g/mol. The number of ether oxygens (including phenoxy) is 4. The first-order chi connectivity index (χ1) is 13.2. The number of hydrogen-bond acceptors (Lipinski definition) is 5. The Kier molecular flexibility index (Phi) is 6.82. The zero-order valence-corrected chi connectivity index (χ0v) is 16.1. The molecule has 0 aromatic heterocycles. The summed E-state index contributed by atoms with van der Waals surface area (Å²) in [6.07, 6.45) is 4.45. The highest BCUT2D eigenvalue weighted by atomic mass is 16.6. The Balaban J connectivity index is 1.80. The largest absolute Gasteiger partial charge is 0.497 e. The molecular formula is C22H28O5. The molecule has 27 heavy (non-hydrogen) atoms. The van der Waals surface area contributed by atoms with E-state index in [9.17, 15) is 0 Å². The molecule has 0 bridgehead atoms. The van der Waals surface area contributed by atoms with Crippen LogP contribution in [0.4, 0.5) is 0 Å². The van der Waals surface area contributed by atoms with Crippen LogP contribution in [0, 0.1) is 0 Å². The Hall–Kier alpha value is -2.40. The van der Waals surface area contributed by atoms with Gasteiger partial charge >= 0.3 is 0 Å². The van der Waals surface area contributed by atoms with E-state index in [0.29, 0.717) is 13.2 Å². The number of hydrogen-bond donors (Lipinski definition) is 1. The van der Waals surface area contributed by atoms with Gasteiger partial charge in [-0.2, -0.15) is 0 Å². The summed E-state index contributed by atoms with van der Waals surface area (Å²) >= 11 is 0. The van der Waals surface area contributed by atoms with E-state index in [4.69, 9.17) is 24.1 Å². The average molecular weight is 372 g/mol. The van der Waals surface area contributed by atoms with E-state index in [1.165, 1.54) is 16.7 Å². The summed E-state index contributed by atoms with van der Waals surface area (Å²) in [6, 6.07) is 10.2. The van der Waals surface area contributed by atoms with Crippen LogP contribution >= 0.6 is 0 Å². The minimum absolute atomic E-state index is 0.226.